The third-order valence-corrected chi connectivity index (χ3v) is 7.38. The summed E-state index contributed by atoms with van der Waals surface area (Å²) in [6.07, 6.45) is 6.70. The van der Waals surface area contributed by atoms with Crippen molar-refractivity contribution >= 4 is 38.5 Å². The maximum absolute atomic E-state index is 12.6. The maximum atomic E-state index is 12.6. The molecule has 4 rings (SSSR count). The molecule has 0 unspecified atom stereocenters. The number of fused-ring (bicyclic) bond motifs is 1. The Kier molecular flexibility index (Phi) is 5.27. The Morgan fingerprint density at radius 2 is 1.89 bits per heavy atom. The zero-order valence-electron chi connectivity index (χ0n) is 15.5. The SMILES string of the molecule is CN(c1ncnc2[nH]ccc12)C1CCC(NS(=O)(=O)c2ccccc2Cl)CC1. The molecule has 2 heterocycles. The lowest BCUT2D eigenvalue weighted by atomic mass is 9.91. The minimum atomic E-state index is -3.62. The van der Waals surface area contributed by atoms with Gasteiger partial charge in [-0.2, -0.15) is 0 Å². The standard InChI is InChI=1S/C19H22ClN5O2S/c1-25(19-15-10-11-21-18(15)22-12-23-19)14-8-6-13(7-9-14)24-28(26,27)17-5-3-2-4-16(17)20/h2-5,10-14,24H,6-9H2,1H3,(H,21,22,23). The Balaban J connectivity index is 1.42. The molecule has 0 saturated heterocycles. The summed E-state index contributed by atoms with van der Waals surface area (Å²) in [5, 5.41) is 1.23. The first-order chi connectivity index (χ1) is 13.5. The molecule has 2 aromatic heterocycles. The van der Waals surface area contributed by atoms with Crippen molar-refractivity contribution in [2.45, 2.75) is 42.7 Å². The lowest BCUT2D eigenvalue weighted by molar-refractivity contribution is 0.365. The average molecular weight is 420 g/mol. The fourth-order valence-electron chi connectivity index (χ4n) is 3.84. The van der Waals surface area contributed by atoms with Crippen LogP contribution in [-0.4, -0.2) is 42.5 Å². The second-order valence-electron chi connectivity index (χ2n) is 7.11. The number of aromatic amines is 1. The summed E-state index contributed by atoms with van der Waals surface area (Å²) in [5.74, 6) is 0.895. The van der Waals surface area contributed by atoms with E-state index in [1.54, 1.807) is 24.5 Å². The van der Waals surface area contributed by atoms with Gasteiger partial charge in [0.2, 0.25) is 10.0 Å². The Morgan fingerprint density at radius 3 is 2.64 bits per heavy atom. The van der Waals surface area contributed by atoms with Crippen molar-refractivity contribution in [2.24, 2.45) is 0 Å². The van der Waals surface area contributed by atoms with E-state index in [1.807, 2.05) is 19.3 Å². The zero-order valence-corrected chi connectivity index (χ0v) is 17.0. The number of nitrogens with zero attached hydrogens (tertiary/aromatic N) is 3. The normalized spacial score (nSPS) is 20.4. The fraction of sp³-hybridized carbons (Fsp3) is 0.368. The molecule has 2 N–H and O–H groups in total. The summed E-state index contributed by atoms with van der Waals surface area (Å²) < 4.78 is 28.1. The number of H-pyrrole nitrogens is 1. The molecule has 148 valence electrons. The minimum Gasteiger partial charge on any atom is -0.356 e. The van der Waals surface area contributed by atoms with Crippen molar-refractivity contribution in [3.63, 3.8) is 0 Å². The molecular formula is C19H22ClN5O2S. The molecule has 1 aliphatic carbocycles. The lowest BCUT2D eigenvalue weighted by Crippen LogP contribution is -2.43. The van der Waals surface area contributed by atoms with E-state index in [4.69, 9.17) is 11.6 Å². The van der Waals surface area contributed by atoms with E-state index in [2.05, 4.69) is 24.6 Å². The van der Waals surface area contributed by atoms with E-state index >= 15 is 0 Å². The van der Waals surface area contributed by atoms with E-state index in [0.29, 0.717) is 6.04 Å². The number of anilines is 1. The van der Waals surface area contributed by atoms with Crippen molar-refractivity contribution in [3.8, 4) is 0 Å². The van der Waals surface area contributed by atoms with Crippen LogP contribution in [-0.2, 0) is 10.0 Å². The number of halogens is 1. The molecule has 7 nitrogen and oxygen atoms in total. The average Bonchev–Trinajstić information content (AvgIpc) is 3.17. The summed E-state index contributed by atoms with van der Waals surface area (Å²) in [6, 6.07) is 8.70. The highest BCUT2D eigenvalue weighted by Crippen LogP contribution is 2.30. The van der Waals surface area contributed by atoms with E-state index in [1.165, 1.54) is 6.07 Å². The fourth-order valence-corrected chi connectivity index (χ4v) is 5.66. The van der Waals surface area contributed by atoms with Crippen LogP contribution in [0.3, 0.4) is 0 Å². The third kappa shape index (κ3) is 3.72. The Labute approximate surface area is 169 Å². The van der Waals surface area contributed by atoms with Crippen LogP contribution in [0.2, 0.25) is 5.02 Å². The van der Waals surface area contributed by atoms with Gasteiger partial charge in [0.1, 0.15) is 22.7 Å². The number of hydrogen-bond donors (Lipinski definition) is 2. The van der Waals surface area contributed by atoms with Gasteiger partial charge in [0.25, 0.3) is 0 Å². The van der Waals surface area contributed by atoms with Crippen LogP contribution in [0.1, 0.15) is 25.7 Å². The second kappa shape index (κ2) is 7.69. The predicted octanol–water partition coefficient (Wildman–Crippen LogP) is 3.34. The number of benzene rings is 1. The number of rotatable bonds is 5. The van der Waals surface area contributed by atoms with Crippen molar-refractivity contribution in [2.75, 3.05) is 11.9 Å². The maximum Gasteiger partial charge on any atom is 0.242 e. The van der Waals surface area contributed by atoms with Gasteiger partial charge in [-0.25, -0.2) is 23.1 Å². The summed E-state index contributed by atoms with van der Waals surface area (Å²) >= 11 is 6.06. The second-order valence-corrected chi connectivity index (χ2v) is 9.19. The van der Waals surface area contributed by atoms with Crippen molar-refractivity contribution in [3.05, 3.63) is 47.9 Å². The van der Waals surface area contributed by atoms with E-state index < -0.39 is 10.0 Å². The minimum absolute atomic E-state index is 0.0939. The van der Waals surface area contributed by atoms with E-state index in [-0.39, 0.29) is 16.0 Å². The first-order valence-electron chi connectivity index (χ1n) is 9.23. The van der Waals surface area contributed by atoms with Gasteiger partial charge in [-0.15, -0.1) is 0 Å². The topological polar surface area (TPSA) is 91.0 Å². The summed E-state index contributed by atoms with van der Waals surface area (Å²) in [6.45, 7) is 0. The van der Waals surface area contributed by atoms with Gasteiger partial charge in [-0.05, 0) is 43.9 Å². The first-order valence-corrected chi connectivity index (χ1v) is 11.1. The summed E-state index contributed by atoms with van der Waals surface area (Å²) in [7, 11) is -1.59. The van der Waals surface area contributed by atoms with Gasteiger partial charge in [-0.3, -0.25) is 0 Å². The zero-order chi connectivity index (χ0) is 19.7. The molecule has 0 radical (unpaired) electrons. The molecule has 0 atom stereocenters. The molecule has 1 fully saturated rings. The third-order valence-electron chi connectivity index (χ3n) is 5.36. The highest BCUT2D eigenvalue weighted by atomic mass is 35.5. The molecule has 28 heavy (non-hydrogen) atoms. The van der Waals surface area contributed by atoms with Gasteiger partial charge in [0, 0.05) is 25.3 Å². The van der Waals surface area contributed by atoms with Gasteiger partial charge >= 0.3 is 0 Å². The molecule has 1 saturated carbocycles. The Bertz CT molecular complexity index is 1080. The van der Waals surface area contributed by atoms with Crippen LogP contribution in [0.15, 0.2) is 47.8 Å². The van der Waals surface area contributed by atoms with Gasteiger partial charge in [0.05, 0.1) is 10.4 Å². The van der Waals surface area contributed by atoms with Gasteiger partial charge in [0.15, 0.2) is 0 Å². The van der Waals surface area contributed by atoms with Crippen LogP contribution in [0.25, 0.3) is 11.0 Å². The molecule has 9 heteroatoms. The van der Waals surface area contributed by atoms with Crippen LogP contribution < -0.4 is 9.62 Å². The molecular weight excluding hydrogens is 398 g/mol. The lowest BCUT2D eigenvalue weighted by Gasteiger charge is -2.35. The molecule has 0 aliphatic heterocycles. The smallest absolute Gasteiger partial charge is 0.242 e. The van der Waals surface area contributed by atoms with E-state index in [0.717, 1.165) is 42.5 Å². The van der Waals surface area contributed by atoms with Crippen LogP contribution >= 0.6 is 11.6 Å². The molecule has 1 aliphatic rings. The molecule has 3 aromatic rings. The number of aromatic nitrogens is 3. The number of hydrogen-bond acceptors (Lipinski definition) is 5. The van der Waals surface area contributed by atoms with Gasteiger partial charge < -0.3 is 9.88 Å². The quantitative estimate of drug-likeness (QED) is 0.661. The monoisotopic (exact) mass is 419 g/mol. The highest BCUT2D eigenvalue weighted by molar-refractivity contribution is 7.89. The molecule has 0 bridgehead atoms. The Morgan fingerprint density at radius 1 is 1.14 bits per heavy atom. The van der Waals surface area contributed by atoms with Crippen molar-refractivity contribution in [1.82, 2.24) is 19.7 Å². The van der Waals surface area contributed by atoms with Crippen molar-refractivity contribution < 1.29 is 8.42 Å². The van der Waals surface area contributed by atoms with Crippen molar-refractivity contribution in [1.29, 1.82) is 0 Å². The van der Waals surface area contributed by atoms with Crippen LogP contribution in [0.5, 0.6) is 0 Å². The number of nitrogens with one attached hydrogen (secondary N) is 2. The van der Waals surface area contributed by atoms with Crippen LogP contribution in [0, 0.1) is 0 Å². The predicted molar refractivity (Wildman–Crippen MR) is 110 cm³/mol. The van der Waals surface area contributed by atoms with E-state index in [9.17, 15) is 8.42 Å². The molecule has 0 amide bonds. The van der Waals surface area contributed by atoms with Crippen LogP contribution in [0.4, 0.5) is 5.82 Å². The summed E-state index contributed by atoms with van der Waals surface area (Å²) in [4.78, 5) is 14.1. The van der Waals surface area contributed by atoms with Gasteiger partial charge in [-0.1, -0.05) is 23.7 Å². The molecule has 1 aromatic carbocycles. The molecule has 0 spiro atoms. The largest absolute Gasteiger partial charge is 0.356 e. The highest BCUT2D eigenvalue weighted by Gasteiger charge is 2.29. The first kappa shape index (κ1) is 19.2. The number of sulfonamides is 1. The Hall–Kier alpha value is -2.16. The summed E-state index contributed by atoms with van der Waals surface area (Å²) in [5.41, 5.74) is 0.818.